The lowest BCUT2D eigenvalue weighted by Gasteiger charge is -2.34. The van der Waals surface area contributed by atoms with Crippen molar-refractivity contribution in [2.24, 2.45) is 0 Å². The molecule has 0 aliphatic carbocycles. The lowest BCUT2D eigenvalue weighted by Crippen LogP contribution is -2.46. The van der Waals surface area contributed by atoms with E-state index in [0.717, 1.165) is 25.9 Å². The molecule has 1 atom stereocenters. The van der Waals surface area contributed by atoms with Crippen molar-refractivity contribution in [1.82, 2.24) is 15.1 Å². The highest BCUT2D eigenvalue weighted by Crippen LogP contribution is 2.26. The zero-order chi connectivity index (χ0) is 17.7. The number of rotatable bonds is 6. The van der Waals surface area contributed by atoms with Gasteiger partial charge >= 0.3 is 0 Å². The number of likely N-dealkylation sites (tertiary alicyclic amines) is 1. The largest absolute Gasteiger partial charge is 0.377 e. The maximum Gasteiger partial charge on any atom is 0.236 e. The summed E-state index contributed by atoms with van der Waals surface area (Å²) in [6, 6.07) is 9.41. The first kappa shape index (κ1) is 18.7. The molecule has 0 spiro atoms. The van der Waals surface area contributed by atoms with Crippen molar-refractivity contribution in [3.63, 3.8) is 0 Å². The number of hydrogen-bond donors (Lipinski definition) is 1. The second-order valence-electron chi connectivity index (χ2n) is 7.18. The normalized spacial score (nSPS) is 17.5. The fourth-order valence-electron chi connectivity index (χ4n) is 3.29. The van der Waals surface area contributed by atoms with Crippen LogP contribution in [0.15, 0.2) is 24.3 Å². The molecule has 1 fully saturated rings. The Labute approximate surface area is 146 Å². The summed E-state index contributed by atoms with van der Waals surface area (Å²) < 4.78 is 0. The van der Waals surface area contributed by atoms with Gasteiger partial charge in [0.2, 0.25) is 5.91 Å². The topological polar surface area (TPSA) is 38.8 Å². The molecule has 0 saturated carbocycles. The monoisotopic (exact) mass is 332 g/mol. The number of likely N-dealkylation sites (N-methyl/N-ethyl adjacent to an activating group) is 1. The van der Waals surface area contributed by atoms with Crippen LogP contribution >= 0.6 is 0 Å². The lowest BCUT2D eigenvalue weighted by atomic mass is 10.0. The van der Waals surface area contributed by atoms with Gasteiger partial charge in [-0.1, -0.05) is 18.2 Å². The maximum atomic E-state index is 11.8. The average Bonchev–Trinajstić information content (AvgIpc) is 2.56. The number of piperidine rings is 1. The number of carbonyl (C=O) groups is 1. The molecular formula is C19H32N4O. The molecule has 0 aromatic heterocycles. The van der Waals surface area contributed by atoms with E-state index in [9.17, 15) is 4.79 Å². The van der Waals surface area contributed by atoms with Crippen molar-refractivity contribution < 1.29 is 4.79 Å². The van der Waals surface area contributed by atoms with E-state index in [0.29, 0.717) is 18.6 Å². The maximum absolute atomic E-state index is 11.8. The highest BCUT2D eigenvalue weighted by molar-refractivity contribution is 5.77. The third-order valence-corrected chi connectivity index (χ3v) is 4.82. The first-order valence-electron chi connectivity index (χ1n) is 8.83. The zero-order valence-corrected chi connectivity index (χ0v) is 15.7. The Balaban J connectivity index is 1.87. The smallest absolute Gasteiger partial charge is 0.236 e. The number of amides is 1. The molecule has 0 unspecified atom stereocenters. The van der Waals surface area contributed by atoms with Gasteiger partial charge in [-0.15, -0.1) is 0 Å². The molecule has 1 saturated heterocycles. The number of carbonyl (C=O) groups excluding carboxylic acids is 1. The second-order valence-corrected chi connectivity index (χ2v) is 7.18. The molecule has 134 valence electrons. The van der Waals surface area contributed by atoms with Crippen LogP contribution in [0.1, 0.15) is 31.4 Å². The van der Waals surface area contributed by atoms with Crippen LogP contribution < -0.4 is 10.2 Å². The van der Waals surface area contributed by atoms with Gasteiger partial charge in [0.05, 0.1) is 6.54 Å². The Morgan fingerprint density at radius 1 is 1.21 bits per heavy atom. The predicted octanol–water partition coefficient (Wildman–Crippen LogP) is 1.96. The van der Waals surface area contributed by atoms with Gasteiger partial charge in [0.15, 0.2) is 0 Å². The SMILES string of the molecule is C[C@H](NC1CCN(CC(=O)N(C)C)CC1)c1ccccc1N(C)C. The van der Waals surface area contributed by atoms with Gasteiger partial charge in [0.25, 0.3) is 0 Å². The highest BCUT2D eigenvalue weighted by Gasteiger charge is 2.23. The van der Waals surface area contributed by atoms with Crippen LogP contribution in [0.5, 0.6) is 0 Å². The van der Waals surface area contributed by atoms with Gasteiger partial charge in [-0.05, 0) is 31.4 Å². The molecule has 5 nitrogen and oxygen atoms in total. The van der Waals surface area contributed by atoms with E-state index in [1.165, 1.54) is 11.3 Å². The fraction of sp³-hybridized carbons (Fsp3) is 0.632. The third kappa shape index (κ3) is 4.95. The third-order valence-electron chi connectivity index (χ3n) is 4.82. The van der Waals surface area contributed by atoms with Crippen LogP contribution in [0.2, 0.25) is 0 Å². The molecule has 2 rings (SSSR count). The second kappa shape index (κ2) is 8.49. The highest BCUT2D eigenvalue weighted by atomic mass is 16.2. The van der Waals surface area contributed by atoms with Crippen LogP contribution in [0.3, 0.4) is 0 Å². The summed E-state index contributed by atoms with van der Waals surface area (Å²) in [5.74, 6) is 0.190. The van der Waals surface area contributed by atoms with Gasteiger partial charge in [0, 0.05) is 59.1 Å². The van der Waals surface area contributed by atoms with Crippen molar-refractivity contribution in [2.45, 2.75) is 31.8 Å². The van der Waals surface area contributed by atoms with Crippen molar-refractivity contribution in [3.8, 4) is 0 Å². The molecule has 1 aromatic rings. The van der Waals surface area contributed by atoms with E-state index in [1.54, 1.807) is 4.90 Å². The van der Waals surface area contributed by atoms with Gasteiger partial charge < -0.3 is 15.1 Å². The summed E-state index contributed by atoms with van der Waals surface area (Å²) in [4.78, 5) is 17.9. The number of anilines is 1. The lowest BCUT2D eigenvalue weighted by molar-refractivity contribution is -0.130. The molecule has 0 bridgehead atoms. The summed E-state index contributed by atoms with van der Waals surface area (Å²) in [7, 11) is 7.82. The summed E-state index contributed by atoms with van der Waals surface area (Å²) in [5.41, 5.74) is 2.61. The Morgan fingerprint density at radius 3 is 2.42 bits per heavy atom. The number of nitrogens with one attached hydrogen (secondary N) is 1. The first-order valence-corrected chi connectivity index (χ1v) is 8.83. The molecule has 1 aliphatic heterocycles. The van der Waals surface area contributed by atoms with Crippen LogP contribution in [-0.4, -0.2) is 69.6 Å². The van der Waals surface area contributed by atoms with Crippen molar-refractivity contribution in [1.29, 1.82) is 0 Å². The Kier molecular flexibility index (Phi) is 6.63. The number of nitrogens with zero attached hydrogens (tertiary/aromatic N) is 3. The Morgan fingerprint density at radius 2 is 1.83 bits per heavy atom. The molecule has 1 aromatic carbocycles. The van der Waals surface area contributed by atoms with Crippen molar-refractivity contribution in [3.05, 3.63) is 29.8 Å². The first-order chi connectivity index (χ1) is 11.4. The minimum atomic E-state index is 0.190. The zero-order valence-electron chi connectivity index (χ0n) is 15.7. The molecule has 5 heteroatoms. The summed E-state index contributed by atoms with van der Waals surface area (Å²) in [6.45, 7) is 4.75. The number of benzene rings is 1. The standard InChI is InChI=1S/C19H32N4O/c1-15(17-8-6-7-9-18(17)21(2)3)20-16-10-12-23(13-11-16)14-19(24)22(4)5/h6-9,15-16,20H,10-14H2,1-5H3/t15-/m0/s1. The molecule has 1 amide bonds. The molecule has 1 heterocycles. The molecule has 24 heavy (non-hydrogen) atoms. The minimum absolute atomic E-state index is 0.190. The molecule has 0 radical (unpaired) electrons. The Bertz CT molecular complexity index is 536. The van der Waals surface area contributed by atoms with E-state index >= 15 is 0 Å². The van der Waals surface area contributed by atoms with Crippen LogP contribution in [-0.2, 0) is 4.79 Å². The molecule has 1 aliphatic rings. The fourth-order valence-corrected chi connectivity index (χ4v) is 3.29. The molecular weight excluding hydrogens is 300 g/mol. The number of hydrogen-bond acceptors (Lipinski definition) is 4. The van der Waals surface area contributed by atoms with E-state index in [1.807, 2.05) is 14.1 Å². The minimum Gasteiger partial charge on any atom is -0.377 e. The van der Waals surface area contributed by atoms with Gasteiger partial charge in [-0.25, -0.2) is 0 Å². The summed E-state index contributed by atoms with van der Waals surface area (Å²) in [5, 5.41) is 3.78. The van der Waals surface area contributed by atoms with E-state index in [2.05, 4.69) is 60.4 Å². The van der Waals surface area contributed by atoms with E-state index in [4.69, 9.17) is 0 Å². The summed E-state index contributed by atoms with van der Waals surface area (Å²) in [6.07, 6.45) is 2.18. The number of para-hydroxylation sites is 1. The van der Waals surface area contributed by atoms with E-state index < -0.39 is 0 Å². The average molecular weight is 332 g/mol. The van der Waals surface area contributed by atoms with Gasteiger partial charge in [-0.2, -0.15) is 0 Å². The predicted molar refractivity (Wildman–Crippen MR) is 100 cm³/mol. The van der Waals surface area contributed by atoms with Crippen LogP contribution in [0, 0.1) is 0 Å². The van der Waals surface area contributed by atoms with Crippen molar-refractivity contribution in [2.75, 3.05) is 52.7 Å². The van der Waals surface area contributed by atoms with Gasteiger partial charge in [-0.3, -0.25) is 9.69 Å². The van der Waals surface area contributed by atoms with Crippen LogP contribution in [0.25, 0.3) is 0 Å². The van der Waals surface area contributed by atoms with Gasteiger partial charge in [0.1, 0.15) is 0 Å². The molecule has 1 N–H and O–H groups in total. The summed E-state index contributed by atoms with van der Waals surface area (Å²) >= 11 is 0. The van der Waals surface area contributed by atoms with Crippen LogP contribution in [0.4, 0.5) is 5.69 Å². The quantitative estimate of drug-likeness (QED) is 0.864. The Hall–Kier alpha value is -1.59. The van der Waals surface area contributed by atoms with Crippen molar-refractivity contribution >= 4 is 11.6 Å². The van der Waals surface area contributed by atoms with E-state index in [-0.39, 0.29) is 5.91 Å².